The van der Waals surface area contributed by atoms with Gasteiger partial charge in [-0.2, -0.15) is 0 Å². The van der Waals surface area contributed by atoms with Crippen LogP contribution in [0.2, 0.25) is 5.02 Å². The van der Waals surface area contributed by atoms with Crippen LogP contribution in [0.25, 0.3) is 20.2 Å². The summed E-state index contributed by atoms with van der Waals surface area (Å²) in [6.07, 6.45) is 1.77. The van der Waals surface area contributed by atoms with Crippen LogP contribution in [0.15, 0.2) is 24.3 Å². The largest absolute Gasteiger partial charge is 0.508 e. The average Bonchev–Trinajstić information content (AvgIpc) is 2.74. The van der Waals surface area contributed by atoms with Crippen LogP contribution in [0.3, 0.4) is 0 Å². The van der Waals surface area contributed by atoms with Gasteiger partial charge in [-0.05, 0) is 42.2 Å². The number of thiophene rings is 1. The van der Waals surface area contributed by atoms with Gasteiger partial charge in [-0.3, -0.25) is 0 Å². The maximum atomic E-state index is 10.00. The Morgan fingerprint density at radius 2 is 1.89 bits per heavy atom. The van der Waals surface area contributed by atoms with Crippen molar-refractivity contribution in [2.75, 3.05) is 0 Å². The van der Waals surface area contributed by atoms with Crippen molar-refractivity contribution in [2.24, 2.45) is 0 Å². The quantitative estimate of drug-likeness (QED) is 0.657. The number of hydrogen-bond acceptors (Lipinski definition) is 2. The van der Waals surface area contributed by atoms with Crippen molar-refractivity contribution in [1.29, 1.82) is 0 Å². The predicted octanol–water partition coefficient (Wildman–Crippen LogP) is 5.54. The number of phenolic OH excluding ortho intramolecular Hbond substituents is 1. The average molecular weight is 291 g/mol. The Hall–Kier alpha value is -1.25. The topological polar surface area (TPSA) is 20.2 Å². The molecule has 3 heteroatoms. The second kappa shape index (κ2) is 4.69. The summed E-state index contributed by atoms with van der Waals surface area (Å²) in [6.45, 7) is 4.18. The van der Waals surface area contributed by atoms with Crippen LogP contribution in [0, 0.1) is 0 Å². The fourth-order valence-corrected chi connectivity index (χ4v) is 4.25. The Kier molecular flexibility index (Phi) is 3.15. The first-order valence-electron chi connectivity index (χ1n) is 6.51. The summed E-state index contributed by atoms with van der Waals surface area (Å²) in [5, 5.41) is 13.3. The van der Waals surface area contributed by atoms with E-state index in [-0.39, 0.29) is 0 Å². The van der Waals surface area contributed by atoms with E-state index in [1.807, 2.05) is 12.1 Å². The standard InChI is InChI=1S/C16H15ClOS/c1-3-9-7-12-11-5-6-13(17)10(4-2)16(11)19-15(12)8-14(9)18/h5-8,18H,3-4H2,1-2H3. The second-order valence-corrected chi connectivity index (χ2v) is 6.15. The van der Waals surface area contributed by atoms with E-state index in [9.17, 15) is 5.11 Å². The molecule has 1 nitrogen and oxygen atoms in total. The van der Waals surface area contributed by atoms with Gasteiger partial charge in [0, 0.05) is 25.2 Å². The van der Waals surface area contributed by atoms with Gasteiger partial charge in [0.25, 0.3) is 0 Å². The number of aryl methyl sites for hydroxylation is 2. The molecule has 0 saturated carbocycles. The van der Waals surface area contributed by atoms with E-state index in [2.05, 4.69) is 26.0 Å². The molecule has 2 aromatic carbocycles. The maximum Gasteiger partial charge on any atom is 0.120 e. The smallest absolute Gasteiger partial charge is 0.120 e. The SMILES string of the molecule is CCc1cc2c(cc1O)sc1c(CC)c(Cl)ccc12. The fraction of sp³-hybridized carbons (Fsp3) is 0.250. The Morgan fingerprint density at radius 1 is 1.11 bits per heavy atom. The molecule has 0 aliphatic rings. The number of hydrogen-bond donors (Lipinski definition) is 1. The van der Waals surface area contributed by atoms with Crippen LogP contribution >= 0.6 is 22.9 Å². The Morgan fingerprint density at radius 3 is 2.58 bits per heavy atom. The highest BCUT2D eigenvalue weighted by atomic mass is 35.5. The lowest BCUT2D eigenvalue weighted by atomic mass is 10.0. The van der Waals surface area contributed by atoms with Crippen molar-refractivity contribution in [2.45, 2.75) is 26.7 Å². The minimum atomic E-state index is 0.394. The minimum absolute atomic E-state index is 0.394. The van der Waals surface area contributed by atoms with Crippen molar-refractivity contribution in [3.8, 4) is 5.75 Å². The minimum Gasteiger partial charge on any atom is -0.508 e. The molecule has 1 N–H and O–H groups in total. The molecule has 0 bridgehead atoms. The van der Waals surface area contributed by atoms with E-state index in [4.69, 9.17) is 11.6 Å². The van der Waals surface area contributed by atoms with Gasteiger partial charge in [0.05, 0.1) is 0 Å². The van der Waals surface area contributed by atoms with Crippen molar-refractivity contribution in [3.63, 3.8) is 0 Å². The molecule has 0 amide bonds. The predicted molar refractivity (Wildman–Crippen MR) is 84.8 cm³/mol. The Bertz CT molecular complexity index is 773. The van der Waals surface area contributed by atoms with Crippen molar-refractivity contribution < 1.29 is 5.11 Å². The zero-order valence-electron chi connectivity index (χ0n) is 11.0. The molecule has 1 heterocycles. The zero-order chi connectivity index (χ0) is 13.6. The lowest BCUT2D eigenvalue weighted by Gasteiger charge is -2.03. The lowest BCUT2D eigenvalue weighted by molar-refractivity contribution is 0.470. The van der Waals surface area contributed by atoms with Gasteiger partial charge in [0.1, 0.15) is 5.75 Å². The second-order valence-electron chi connectivity index (χ2n) is 4.69. The first kappa shape index (κ1) is 12.8. The van der Waals surface area contributed by atoms with Crippen molar-refractivity contribution in [3.05, 3.63) is 40.4 Å². The van der Waals surface area contributed by atoms with E-state index < -0.39 is 0 Å². The molecule has 0 aliphatic heterocycles. The maximum absolute atomic E-state index is 10.00. The van der Waals surface area contributed by atoms with Gasteiger partial charge in [-0.1, -0.05) is 31.5 Å². The van der Waals surface area contributed by atoms with Crippen molar-refractivity contribution >= 4 is 43.1 Å². The van der Waals surface area contributed by atoms with E-state index in [0.717, 1.165) is 28.1 Å². The molecule has 0 atom stereocenters. The molecular formula is C16H15ClOS. The number of rotatable bonds is 2. The third kappa shape index (κ3) is 1.90. The number of benzene rings is 2. The summed E-state index contributed by atoms with van der Waals surface area (Å²) in [7, 11) is 0. The van der Waals surface area contributed by atoms with Crippen LogP contribution in [0.5, 0.6) is 5.75 Å². The van der Waals surface area contributed by atoms with Gasteiger partial charge >= 0.3 is 0 Å². The molecule has 3 aromatic rings. The number of halogens is 1. The molecule has 0 unspecified atom stereocenters. The highest BCUT2D eigenvalue weighted by Crippen LogP contribution is 2.41. The molecular weight excluding hydrogens is 276 g/mol. The normalized spacial score (nSPS) is 11.5. The molecule has 0 aliphatic carbocycles. The van der Waals surface area contributed by atoms with Crippen LogP contribution < -0.4 is 0 Å². The summed E-state index contributed by atoms with van der Waals surface area (Å²) in [4.78, 5) is 0. The van der Waals surface area contributed by atoms with Gasteiger partial charge in [0.15, 0.2) is 0 Å². The number of phenols is 1. The van der Waals surface area contributed by atoms with Gasteiger partial charge in [-0.25, -0.2) is 0 Å². The third-order valence-electron chi connectivity index (χ3n) is 3.62. The molecule has 0 saturated heterocycles. The summed E-state index contributed by atoms with van der Waals surface area (Å²) in [6, 6.07) is 8.06. The van der Waals surface area contributed by atoms with Crippen LogP contribution in [0.1, 0.15) is 25.0 Å². The van der Waals surface area contributed by atoms with Gasteiger partial charge in [0.2, 0.25) is 0 Å². The summed E-state index contributed by atoms with van der Waals surface area (Å²) in [5.41, 5.74) is 2.21. The molecule has 0 spiro atoms. The molecule has 98 valence electrons. The first-order valence-corrected chi connectivity index (χ1v) is 7.70. The highest BCUT2D eigenvalue weighted by molar-refractivity contribution is 7.26. The highest BCUT2D eigenvalue weighted by Gasteiger charge is 2.13. The fourth-order valence-electron chi connectivity index (χ4n) is 2.56. The Labute approximate surface area is 121 Å². The molecule has 0 radical (unpaired) electrons. The first-order chi connectivity index (χ1) is 9.15. The lowest BCUT2D eigenvalue weighted by Crippen LogP contribution is -1.82. The Balaban J connectivity index is 2.45. The molecule has 1 aromatic heterocycles. The number of fused-ring (bicyclic) bond motifs is 3. The number of aromatic hydroxyl groups is 1. The molecule has 19 heavy (non-hydrogen) atoms. The summed E-state index contributed by atoms with van der Waals surface area (Å²) >= 11 is 7.99. The molecule has 3 rings (SSSR count). The van der Waals surface area contributed by atoms with E-state index >= 15 is 0 Å². The van der Waals surface area contributed by atoms with Crippen LogP contribution in [-0.4, -0.2) is 5.11 Å². The molecule has 0 fully saturated rings. The summed E-state index contributed by atoms with van der Waals surface area (Å²) < 4.78 is 2.37. The van der Waals surface area contributed by atoms with E-state index in [1.165, 1.54) is 21.0 Å². The van der Waals surface area contributed by atoms with Crippen LogP contribution in [0.4, 0.5) is 0 Å². The monoisotopic (exact) mass is 290 g/mol. The van der Waals surface area contributed by atoms with E-state index in [0.29, 0.717) is 5.75 Å². The third-order valence-corrected chi connectivity index (χ3v) is 5.20. The van der Waals surface area contributed by atoms with Gasteiger partial charge in [-0.15, -0.1) is 11.3 Å². The van der Waals surface area contributed by atoms with Gasteiger partial charge < -0.3 is 5.11 Å². The van der Waals surface area contributed by atoms with Crippen molar-refractivity contribution in [1.82, 2.24) is 0 Å². The zero-order valence-corrected chi connectivity index (χ0v) is 12.5. The van der Waals surface area contributed by atoms with Crippen LogP contribution in [-0.2, 0) is 12.8 Å². The summed E-state index contributed by atoms with van der Waals surface area (Å²) in [5.74, 6) is 0.394. The van der Waals surface area contributed by atoms with E-state index in [1.54, 1.807) is 11.3 Å².